The van der Waals surface area contributed by atoms with Crippen LogP contribution < -0.4 is 5.32 Å². The van der Waals surface area contributed by atoms with Crippen LogP contribution in [0.1, 0.15) is 32.3 Å². The molecule has 1 atom stereocenters. The molecule has 3 heteroatoms. The molecule has 0 aliphatic heterocycles. The van der Waals surface area contributed by atoms with Crippen molar-refractivity contribution in [2.75, 3.05) is 26.3 Å². The number of nitrogens with one attached hydrogen (secondary N) is 1. The van der Waals surface area contributed by atoms with Crippen molar-refractivity contribution in [1.29, 1.82) is 0 Å². The summed E-state index contributed by atoms with van der Waals surface area (Å²) >= 11 is 0. The second kappa shape index (κ2) is 9.09. The van der Waals surface area contributed by atoms with Gasteiger partial charge in [0, 0.05) is 26.3 Å². The highest BCUT2D eigenvalue weighted by Crippen LogP contribution is 2.12. The summed E-state index contributed by atoms with van der Waals surface area (Å²) in [4.78, 5) is 0. The molecule has 0 aliphatic carbocycles. The Kier molecular flexibility index (Phi) is 7.65. The molecule has 18 heavy (non-hydrogen) atoms. The topological polar surface area (TPSA) is 30.5 Å². The maximum absolute atomic E-state index is 5.49. The van der Waals surface area contributed by atoms with Crippen LogP contribution in [-0.4, -0.2) is 32.6 Å². The van der Waals surface area contributed by atoms with Gasteiger partial charge in [0.2, 0.25) is 0 Å². The normalized spacial score (nSPS) is 12.9. The Morgan fingerprint density at radius 3 is 2.17 bits per heavy atom. The molecule has 1 aromatic carbocycles. The van der Waals surface area contributed by atoms with Crippen LogP contribution in [0.3, 0.4) is 0 Å². The van der Waals surface area contributed by atoms with Gasteiger partial charge in [0.15, 0.2) is 6.29 Å². The van der Waals surface area contributed by atoms with E-state index in [-0.39, 0.29) is 6.29 Å². The summed E-state index contributed by atoms with van der Waals surface area (Å²) in [5.41, 5.74) is 1.36. The maximum atomic E-state index is 5.49. The lowest BCUT2D eigenvalue weighted by molar-refractivity contribution is -0.132. The smallest absolute Gasteiger partial charge is 0.169 e. The summed E-state index contributed by atoms with van der Waals surface area (Å²) in [5.74, 6) is 0.495. The van der Waals surface area contributed by atoms with Crippen LogP contribution in [0.15, 0.2) is 30.3 Å². The average Bonchev–Trinajstić information content (AvgIpc) is 2.40. The van der Waals surface area contributed by atoms with Crippen LogP contribution in [0.25, 0.3) is 0 Å². The first-order valence-corrected chi connectivity index (χ1v) is 6.76. The summed E-state index contributed by atoms with van der Waals surface area (Å²) < 4.78 is 11.0. The highest BCUT2D eigenvalue weighted by molar-refractivity contribution is 5.18. The third kappa shape index (κ3) is 5.63. The standard InChI is InChI=1S/C15H25NO2/c1-4-17-15(18-5-2)12-16-11-13(3)14-9-7-6-8-10-14/h6-10,13,15-16H,4-5,11-12H2,1-3H3. The predicted molar refractivity (Wildman–Crippen MR) is 74.8 cm³/mol. The molecule has 0 bridgehead atoms. The molecule has 0 fully saturated rings. The lowest BCUT2D eigenvalue weighted by atomic mass is 10.0. The largest absolute Gasteiger partial charge is 0.352 e. The van der Waals surface area contributed by atoms with E-state index in [1.54, 1.807) is 0 Å². The number of rotatable bonds is 9. The Bertz CT molecular complexity index is 297. The van der Waals surface area contributed by atoms with Gasteiger partial charge < -0.3 is 14.8 Å². The van der Waals surface area contributed by atoms with Crippen molar-refractivity contribution in [2.45, 2.75) is 33.0 Å². The lowest BCUT2D eigenvalue weighted by Gasteiger charge is -2.19. The van der Waals surface area contributed by atoms with Crippen molar-refractivity contribution in [3.63, 3.8) is 0 Å². The minimum atomic E-state index is -0.136. The van der Waals surface area contributed by atoms with Crippen LogP contribution in [0, 0.1) is 0 Å². The zero-order valence-corrected chi connectivity index (χ0v) is 11.7. The Labute approximate surface area is 110 Å². The quantitative estimate of drug-likeness (QED) is 0.685. The third-order valence-corrected chi connectivity index (χ3v) is 2.84. The van der Waals surface area contributed by atoms with Gasteiger partial charge in [0.05, 0.1) is 0 Å². The van der Waals surface area contributed by atoms with E-state index in [0.29, 0.717) is 19.1 Å². The molecular formula is C15H25NO2. The van der Waals surface area contributed by atoms with E-state index < -0.39 is 0 Å². The van der Waals surface area contributed by atoms with Gasteiger partial charge in [-0.15, -0.1) is 0 Å². The zero-order chi connectivity index (χ0) is 13.2. The Morgan fingerprint density at radius 2 is 1.61 bits per heavy atom. The highest BCUT2D eigenvalue weighted by atomic mass is 16.7. The Morgan fingerprint density at radius 1 is 1.00 bits per heavy atom. The molecule has 1 rings (SSSR count). The molecule has 0 amide bonds. The van der Waals surface area contributed by atoms with Crippen LogP contribution in [0.5, 0.6) is 0 Å². The molecule has 1 unspecified atom stereocenters. The minimum absolute atomic E-state index is 0.136. The maximum Gasteiger partial charge on any atom is 0.169 e. The summed E-state index contributed by atoms with van der Waals surface area (Å²) in [6.45, 7) is 9.22. The van der Waals surface area contributed by atoms with Crippen LogP contribution in [0.4, 0.5) is 0 Å². The fourth-order valence-corrected chi connectivity index (χ4v) is 1.85. The molecule has 0 aliphatic rings. The first-order chi connectivity index (χ1) is 8.77. The van der Waals surface area contributed by atoms with E-state index in [1.165, 1.54) is 5.56 Å². The number of hydrogen-bond acceptors (Lipinski definition) is 3. The van der Waals surface area contributed by atoms with Gasteiger partial charge in [0.1, 0.15) is 0 Å². The SMILES string of the molecule is CCOC(CNCC(C)c1ccccc1)OCC. The van der Waals surface area contributed by atoms with Gasteiger partial charge in [-0.05, 0) is 25.3 Å². The van der Waals surface area contributed by atoms with E-state index >= 15 is 0 Å². The molecule has 3 nitrogen and oxygen atoms in total. The van der Waals surface area contributed by atoms with Crippen molar-refractivity contribution in [3.8, 4) is 0 Å². The summed E-state index contributed by atoms with van der Waals surface area (Å²) in [7, 11) is 0. The highest BCUT2D eigenvalue weighted by Gasteiger charge is 2.09. The van der Waals surface area contributed by atoms with Gasteiger partial charge in [-0.1, -0.05) is 37.3 Å². The van der Waals surface area contributed by atoms with Crippen molar-refractivity contribution >= 4 is 0 Å². The molecule has 0 spiro atoms. The van der Waals surface area contributed by atoms with Crippen molar-refractivity contribution in [3.05, 3.63) is 35.9 Å². The molecule has 0 saturated heterocycles. The molecule has 0 radical (unpaired) electrons. The van der Waals surface area contributed by atoms with Gasteiger partial charge in [-0.2, -0.15) is 0 Å². The molecule has 1 aromatic rings. The molecule has 0 heterocycles. The molecule has 0 aromatic heterocycles. The van der Waals surface area contributed by atoms with Gasteiger partial charge in [-0.25, -0.2) is 0 Å². The van der Waals surface area contributed by atoms with Gasteiger partial charge >= 0.3 is 0 Å². The summed E-state index contributed by atoms with van der Waals surface area (Å²) in [5, 5.41) is 3.40. The van der Waals surface area contributed by atoms with E-state index in [2.05, 4.69) is 36.5 Å². The summed E-state index contributed by atoms with van der Waals surface area (Å²) in [6, 6.07) is 10.5. The van der Waals surface area contributed by atoms with Crippen LogP contribution in [0.2, 0.25) is 0 Å². The van der Waals surface area contributed by atoms with E-state index in [1.807, 2.05) is 19.9 Å². The first kappa shape index (κ1) is 15.2. The second-order valence-corrected chi connectivity index (χ2v) is 4.31. The van der Waals surface area contributed by atoms with Gasteiger partial charge in [0.25, 0.3) is 0 Å². The number of hydrogen-bond donors (Lipinski definition) is 1. The van der Waals surface area contributed by atoms with Crippen molar-refractivity contribution in [1.82, 2.24) is 5.32 Å². The minimum Gasteiger partial charge on any atom is -0.352 e. The predicted octanol–water partition coefficient (Wildman–Crippen LogP) is 2.78. The second-order valence-electron chi connectivity index (χ2n) is 4.31. The van der Waals surface area contributed by atoms with E-state index in [9.17, 15) is 0 Å². The lowest BCUT2D eigenvalue weighted by Crippen LogP contribution is -2.33. The van der Waals surface area contributed by atoms with Gasteiger partial charge in [-0.3, -0.25) is 0 Å². The summed E-state index contributed by atoms with van der Waals surface area (Å²) in [6.07, 6.45) is -0.136. The zero-order valence-electron chi connectivity index (χ0n) is 11.7. The molecule has 102 valence electrons. The van der Waals surface area contributed by atoms with Crippen LogP contribution in [-0.2, 0) is 9.47 Å². The van der Waals surface area contributed by atoms with E-state index in [4.69, 9.17) is 9.47 Å². The number of benzene rings is 1. The molecule has 1 N–H and O–H groups in total. The third-order valence-electron chi connectivity index (χ3n) is 2.84. The average molecular weight is 251 g/mol. The Balaban J connectivity index is 2.27. The van der Waals surface area contributed by atoms with Crippen molar-refractivity contribution < 1.29 is 9.47 Å². The van der Waals surface area contributed by atoms with Crippen LogP contribution >= 0.6 is 0 Å². The Hall–Kier alpha value is -0.900. The first-order valence-electron chi connectivity index (χ1n) is 6.76. The monoisotopic (exact) mass is 251 g/mol. The molecule has 0 saturated carbocycles. The fourth-order valence-electron chi connectivity index (χ4n) is 1.85. The molecular weight excluding hydrogens is 226 g/mol. The fraction of sp³-hybridized carbons (Fsp3) is 0.600. The van der Waals surface area contributed by atoms with Crippen molar-refractivity contribution in [2.24, 2.45) is 0 Å². The van der Waals surface area contributed by atoms with E-state index in [0.717, 1.165) is 13.1 Å². The number of ether oxygens (including phenoxy) is 2.